The maximum Gasteiger partial charge on any atom is 0.340 e. The zero-order chi connectivity index (χ0) is 16.6. The molecule has 1 heterocycles. The van der Waals surface area contributed by atoms with E-state index < -0.39 is 5.97 Å². The van der Waals surface area contributed by atoms with Gasteiger partial charge in [0.05, 0.1) is 19.2 Å². The molecule has 23 heavy (non-hydrogen) atoms. The van der Waals surface area contributed by atoms with Gasteiger partial charge in [-0.15, -0.1) is 0 Å². The van der Waals surface area contributed by atoms with Gasteiger partial charge >= 0.3 is 5.97 Å². The van der Waals surface area contributed by atoms with E-state index in [2.05, 4.69) is 0 Å². The third-order valence-corrected chi connectivity index (χ3v) is 3.98. The van der Waals surface area contributed by atoms with Crippen molar-refractivity contribution in [1.29, 1.82) is 0 Å². The standard InChI is InChI=1S/C18H16FNO3/c1-11-17(18(22)23-2)14-9-13(21)7-8-16(14)20(11)10-12-5-3-4-6-15(12)19/h3-9,21H,10H2,1-2H3. The number of rotatable bonds is 3. The Morgan fingerprint density at radius 3 is 2.70 bits per heavy atom. The fourth-order valence-electron chi connectivity index (χ4n) is 2.83. The molecule has 0 radical (unpaired) electrons. The van der Waals surface area contributed by atoms with Crippen LogP contribution in [0.4, 0.5) is 4.39 Å². The molecule has 0 amide bonds. The molecule has 0 fully saturated rings. The molecule has 0 bridgehead atoms. The molecule has 2 aromatic carbocycles. The smallest absolute Gasteiger partial charge is 0.340 e. The molecular formula is C18H16FNO3. The largest absolute Gasteiger partial charge is 0.508 e. The summed E-state index contributed by atoms with van der Waals surface area (Å²) in [5, 5.41) is 10.3. The number of hydrogen-bond acceptors (Lipinski definition) is 3. The van der Waals surface area contributed by atoms with Crippen molar-refractivity contribution >= 4 is 16.9 Å². The molecule has 0 unspecified atom stereocenters. The fourth-order valence-corrected chi connectivity index (χ4v) is 2.83. The quantitative estimate of drug-likeness (QED) is 0.751. The van der Waals surface area contributed by atoms with E-state index in [0.29, 0.717) is 22.2 Å². The number of aromatic nitrogens is 1. The highest BCUT2D eigenvalue weighted by Gasteiger charge is 2.21. The summed E-state index contributed by atoms with van der Waals surface area (Å²) in [4.78, 5) is 12.1. The van der Waals surface area contributed by atoms with Crippen molar-refractivity contribution in [1.82, 2.24) is 4.57 Å². The average molecular weight is 313 g/mol. The van der Waals surface area contributed by atoms with Gasteiger partial charge in [-0.3, -0.25) is 0 Å². The first-order valence-electron chi connectivity index (χ1n) is 7.16. The second-order valence-corrected chi connectivity index (χ2v) is 5.33. The molecule has 3 rings (SSSR count). The first-order valence-corrected chi connectivity index (χ1v) is 7.16. The van der Waals surface area contributed by atoms with Gasteiger partial charge in [-0.05, 0) is 31.2 Å². The van der Waals surface area contributed by atoms with Crippen LogP contribution in [0.1, 0.15) is 21.6 Å². The maximum absolute atomic E-state index is 14.0. The van der Waals surface area contributed by atoms with Crippen LogP contribution in [0.2, 0.25) is 0 Å². The van der Waals surface area contributed by atoms with Gasteiger partial charge in [0.15, 0.2) is 0 Å². The third kappa shape index (κ3) is 2.54. The summed E-state index contributed by atoms with van der Waals surface area (Å²) >= 11 is 0. The second-order valence-electron chi connectivity index (χ2n) is 5.33. The van der Waals surface area contributed by atoms with Crippen molar-refractivity contribution < 1.29 is 19.0 Å². The third-order valence-electron chi connectivity index (χ3n) is 3.98. The van der Waals surface area contributed by atoms with E-state index in [9.17, 15) is 14.3 Å². The number of esters is 1. The average Bonchev–Trinajstić information content (AvgIpc) is 2.80. The monoisotopic (exact) mass is 313 g/mol. The number of methoxy groups -OCH3 is 1. The van der Waals surface area contributed by atoms with Gasteiger partial charge in [-0.2, -0.15) is 0 Å². The second kappa shape index (κ2) is 5.76. The molecule has 0 saturated carbocycles. The van der Waals surface area contributed by atoms with Crippen LogP contribution in [0.3, 0.4) is 0 Å². The Hall–Kier alpha value is -2.82. The molecule has 0 spiro atoms. The van der Waals surface area contributed by atoms with Crippen LogP contribution in [0.5, 0.6) is 5.75 Å². The van der Waals surface area contributed by atoms with E-state index >= 15 is 0 Å². The van der Waals surface area contributed by atoms with Crippen LogP contribution in [-0.4, -0.2) is 22.8 Å². The van der Waals surface area contributed by atoms with Crippen LogP contribution in [0, 0.1) is 12.7 Å². The van der Waals surface area contributed by atoms with Crippen molar-refractivity contribution in [2.45, 2.75) is 13.5 Å². The van der Waals surface area contributed by atoms with Crippen LogP contribution >= 0.6 is 0 Å². The topological polar surface area (TPSA) is 51.5 Å². The molecule has 118 valence electrons. The number of hydrogen-bond donors (Lipinski definition) is 1. The Kier molecular flexibility index (Phi) is 3.78. The fraction of sp³-hybridized carbons (Fsp3) is 0.167. The van der Waals surface area contributed by atoms with E-state index in [1.807, 2.05) is 4.57 Å². The van der Waals surface area contributed by atoms with Crippen LogP contribution in [-0.2, 0) is 11.3 Å². The van der Waals surface area contributed by atoms with Gasteiger partial charge in [-0.25, -0.2) is 9.18 Å². The Labute approximate surface area is 132 Å². The zero-order valence-corrected chi connectivity index (χ0v) is 12.8. The molecule has 4 nitrogen and oxygen atoms in total. The number of ether oxygens (including phenoxy) is 1. The van der Waals surface area contributed by atoms with E-state index in [1.54, 1.807) is 37.3 Å². The van der Waals surface area contributed by atoms with Crippen molar-refractivity contribution in [3.8, 4) is 5.75 Å². The van der Waals surface area contributed by atoms with Gasteiger partial charge in [0.25, 0.3) is 0 Å². The van der Waals surface area contributed by atoms with Gasteiger partial charge in [-0.1, -0.05) is 18.2 Å². The number of aromatic hydroxyl groups is 1. The van der Waals surface area contributed by atoms with E-state index in [-0.39, 0.29) is 18.1 Å². The summed E-state index contributed by atoms with van der Waals surface area (Å²) in [6, 6.07) is 11.3. The lowest BCUT2D eigenvalue weighted by atomic mass is 10.1. The molecule has 1 aromatic heterocycles. The lowest BCUT2D eigenvalue weighted by molar-refractivity contribution is 0.0602. The number of benzene rings is 2. The highest BCUT2D eigenvalue weighted by molar-refractivity contribution is 6.06. The van der Waals surface area contributed by atoms with Crippen molar-refractivity contribution in [2.75, 3.05) is 7.11 Å². The number of carbonyl (C=O) groups is 1. The van der Waals surface area contributed by atoms with Crippen LogP contribution in [0.15, 0.2) is 42.5 Å². The summed E-state index contributed by atoms with van der Waals surface area (Å²) in [5.41, 5.74) is 2.32. The summed E-state index contributed by atoms with van der Waals surface area (Å²) in [5.74, 6) is -0.719. The Morgan fingerprint density at radius 2 is 2.00 bits per heavy atom. The lowest BCUT2D eigenvalue weighted by Gasteiger charge is -2.09. The minimum absolute atomic E-state index is 0.0608. The molecule has 0 saturated heterocycles. The van der Waals surface area contributed by atoms with Gasteiger partial charge in [0, 0.05) is 22.2 Å². The molecule has 1 N–H and O–H groups in total. The van der Waals surface area contributed by atoms with Crippen LogP contribution < -0.4 is 0 Å². The molecule has 3 aromatic rings. The van der Waals surface area contributed by atoms with Gasteiger partial charge in [0.1, 0.15) is 11.6 Å². The van der Waals surface area contributed by atoms with Crippen molar-refractivity contribution in [3.63, 3.8) is 0 Å². The van der Waals surface area contributed by atoms with Gasteiger partial charge in [0.2, 0.25) is 0 Å². The van der Waals surface area contributed by atoms with Crippen molar-refractivity contribution in [2.24, 2.45) is 0 Å². The van der Waals surface area contributed by atoms with E-state index in [4.69, 9.17) is 4.74 Å². The number of carbonyl (C=O) groups excluding carboxylic acids is 1. The summed E-state index contributed by atoms with van der Waals surface area (Å²) < 4.78 is 20.6. The molecule has 0 atom stereocenters. The number of halogens is 1. The summed E-state index contributed by atoms with van der Waals surface area (Å²) in [7, 11) is 1.31. The Bertz CT molecular complexity index is 899. The highest BCUT2D eigenvalue weighted by atomic mass is 19.1. The zero-order valence-electron chi connectivity index (χ0n) is 12.8. The normalized spacial score (nSPS) is 10.9. The molecule has 5 heteroatoms. The number of nitrogens with zero attached hydrogens (tertiary/aromatic N) is 1. The van der Waals surface area contributed by atoms with Gasteiger partial charge < -0.3 is 14.4 Å². The summed E-state index contributed by atoms with van der Waals surface area (Å²) in [6.07, 6.45) is 0. The first kappa shape index (κ1) is 15.1. The minimum Gasteiger partial charge on any atom is -0.508 e. The van der Waals surface area contributed by atoms with E-state index in [1.165, 1.54) is 19.2 Å². The minimum atomic E-state index is -0.481. The van der Waals surface area contributed by atoms with E-state index in [0.717, 1.165) is 5.52 Å². The SMILES string of the molecule is COC(=O)c1c(C)n(Cc2ccccc2F)c2ccc(O)cc12. The van der Waals surface area contributed by atoms with Crippen molar-refractivity contribution in [3.05, 3.63) is 65.1 Å². The predicted molar refractivity (Wildman–Crippen MR) is 85.2 cm³/mol. The summed E-state index contributed by atoms with van der Waals surface area (Å²) in [6.45, 7) is 2.07. The lowest BCUT2D eigenvalue weighted by Crippen LogP contribution is -2.07. The number of phenolic OH excluding ortho intramolecular Hbond substituents is 1. The highest BCUT2D eigenvalue weighted by Crippen LogP contribution is 2.30. The molecule has 0 aliphatic heterocycles. The maximum atomic E-state index is 14.0. The Morgan fingerprint density at radius 1 is 1.26 bits per heavy atom. The molecular weight excluding hydrogens is 297 g/mol. The Balaban J connectivity index is 2.23. The number of phenols is 1. The first-order chi connectivity index (χ1) is 11.0. The van der Waals surface area contributed by atoms with Crippen LogP contribution in [0.25, 0.3) is 10.9 Å². The number of fused-ring (bicyclic) bond motifs is 1. The molecule has 0 aliphatic rings. The molecule has 0 aliphatic carbocycles. The predicted octanol–water partition coefficient (Wildman–Crippen LogP) is 3.63.